The fourth-order valence-corrected chi connectivity index (χ4v) is 6.74. The van der Waals surface area contributed by atoms with Crippen LogP contribution in [0.1, 0.15) is 245 Å². The van der Waals surface area contributed by atoms with Gasteiger partial charge in [0.15, 0.2) is 6.10 Å². The Balaban J connectivity index is 3.47. The van der Waals surface area contributed by atoms with Crippen LogP contribution in [0.4, 0.5) is 0 Å². The quantitative estimate of drug-likeness (QED) is 0.0510. The van der Waals surface area contributed by atoms with Crippen LogP contribution in [0.25, 0.3) is 0 Å². The second kappa shape index (κ2) is 39.7. The Hall–Kier alpha value is -1.10. The highest BCUT2D eigenvalue weighted by Gasteiger charge is 2.16. The van der Waals surface area contributed by atoms with Crippen molar-refractivity contribution in [1.82, 2.24) is 0 Å². The van der Waals surface area contributed by atoms with Gasteiger partial charge in [-0.15, -0.1) is 0 Å². The van der Waals surface area contributed by atoms with Crippen molar-refractivity contribution in [2.24, 2.45) is 5.92 Å². The fraction of sp³-hybridized carbons (Fsp3) is 0.955. The molecule has 0 saturated carbocycles. The van der Waals surface area contributed by atoms with Gasteiger partial charge in [-0.2, -0.15) is 0 Å². The van der Waals surface area contributed by atoms with Gasteiger partial charge in [0, 0.05) is 12.8 Å². The number of carbonyl (C=O) groups excluding carboxylic acids is 2. The van der Waals surface area contributed by atoms with E-state index >= 15 is 0 Å². The molecule has 0 radical (unpaired) electrons. The van der Waals surface area contributed by atoms with Gasteiger partial charge in [0.1, 0.15) is 6.61 Å². The smallest absolute Gasteiger partial charge is 0.306 e. The van der Waals surface area contributed by atoms with E-state index in [-0.39, 0.29) is 25.2 Å². The fourth-order valence-electron chi connectivity index (χ4n) is 6.74. The Morgan fingerprint density at radius 1 is 0.449 bits per heavy atom. The van der Waals surface area contributed by atoms with Crippen molar-refractivity contribution in [1.29, 1.82) is 0 Å². The third kappa shape index (κ3) is 39.5. The average molecular weight is 695 g/mol. The van der Waals surface area contributed by atoms with Crippen LogP contribution >= 0.6 is 0 Å². The topological polar surface area (TPSA) is 72.8 Å². The molecule has 0 saturated heterocycles. The molecule has 0 unspecified atom stereocenters. The molecule has 0 rings (SSSR count). The van der Waals surface area contributed by atoms with E-state index < -0.39 is 6.10 Å². The van der Waals surface area contributed by atoms with Crippen LogP contribution in [-0.2, 0) is 19.1 Å². The summed E-state index contributed by atoms with van der Waals surface area (Å²) < 4.78 is 10.6. The van der Waals surface area contributed by atoms with E-state index in [0.29, 0.717) is 12.8 Å². The molecule has 49 heavy (non-hydrogen) atoms. The molecular weight excluding hydrogens is 608 g/mol. The van der Waals surface area contributed by atoms with Gasteiger partial charge in [-0.25, -0.2) is 0 Å². The van der Waals surface area contributed by atoms with Crippen molar-refractivity contribution in [2.75, 3.05) is 13.2 Å². The molecule has 0 bridgehead atoms. The molecule has 0 amide bonds. The molecule has 0 aromatic heterocycles. The zero-order chi connectivity index (χ0) is 35.9. The van der Waals surface area contributed by atoms with Crippen LogP contribution in [0.15, 0.2) is 0 Å². The molecule has 1 atom stereocenters. The Labute approximate surface area is 306 Å². The summed E-state index contributed by atoms with van der Waals surface area (Å²) in [4.78, 5) is 24.3. The summed E-state index contributed by atoms with van der Waals surface area (Å²) in [6.45, 7) is 6.53. The first-order chi connectivity index (χ1) is 24.0. The molecule has 292 valence electrons. The number of aliphatic hydroxyl groups excluding tert-OH is 1. The summed E-state index contributed by atoms with van der Waals surface area (Å²) in [5.41, 5.74) is 0. The van der Waals surface area contributed by atoms with E-state index in [4.69, 9.17) is 9.47 Å². The van der Waals surface area contributed by atoms with Crippen LogP contribution < -0.4 is 0 Å². The number of esters is 2. The second-order valence-corrected chi connectivity index (χ2v) is 15.6. The monoisotopic (exact) mass is 695 g/mol. The number of hydrogen-bond donors (Lipinski definition) is 1. The second-order valence-electron chi connectivity index (χ2n) is 15.6. The van der Waals surface area contributed by atoms with Gasteiger partial charge in [0.25, 0.3) is 0 Å². The van der Waals surface area contributed by atoms with Crippen LogP contribution in [0.2, 0.25) is 0 Å². The summed E-state index contributed by atoms with van der Waals surface area (Å²) >= 11 is 0. The molecule has 5 heteroatoms. The van der Waals surface area contributed by atoms with E-state index in [9.17, 15) is 14.7 Å². The molecule has 1 N–H and O–H groups in total. The number of rotatable bonds is 40. The lowest BCUT2D eigenvalue weighted by Crippen LogP contribution is -2.28. The van der Waals surface area contributed by atoms with E-state index in [2.05, 4.69) is 20.8 Å². The van der Waals surface area contributed by atoms with Gasteiger partial charge >= 0.3 is 11.9 Å². The summed E-state index contributed by atoms with van der Waals surface area (Å²) in [6, 6.07) is 0. The van der Waals surface area contributed by atoms with E-state index in [1.54, 1.807) is 0 Å². The highest BCUT2D eigenvalue weighted by Crippen LogP contribution is 2.17. The van der Waals surface area contributed by atoms with E-state index in [0.717, 1.165) is 38.0 Å². The Morgan fingerprint density at radius 3 is 1.08 bits per heavy atom. The lowest BCUT2D eigenvalue weighted by atomic mass is 10.0. The number of hydrogen-bond acceptors (Lipinski definition) is 5. The lowest BCUT2D eigenvalue weighted by molar-refractivity contribution is -0.161. The summed E-state index contributed by atoms with van der Waals surface area (Å²) in [5, 5.41) is 9.58. The van der Waals surface area contributed by atoms with Crippen molar-refractivity contribution in [2.45, 2.75) is 252 Å². The molecule has 0 spiro atoms. The SMILES string of the molecule is CCCCCCCCCCCCCCCCCCCCC(=O)OC[C@H](CO)OC(=O)CCCCCCCCCCCCCCCCC(C)C. The predicted octanol–water partition coefficient (Wildman–Crippen LogP) is 13.8. The zero-order valence-corrected chi connectivity index (χ0v) is 33.4. The van der Waals surface area contributed by atoms with Gasteiger partial charge in [0.05, 0.1) is 6.61 Å². The van der Waals surface area contributed by atoms with Gasteiger partial charge < -0.3 is 14.6 Å². The molecule has 5 nitrogen and oxygen atoms in total. The first-order valence-electron chi connectivity index (χ1n) is 22.0. The maximum atomic E-state index is 12.2. The van der Waals surface area contributed by atoms with Crippen molar-refractivity contribution in [3.8, 4) is 0 Å². The van der Waals surface area contributed by atoms with Crippen molar-refractivity contribution >= 4 is 11.9 Å². The number of unbranched alkanes of at least 4 members (excludes halogenated alkanes) is 30. The first kappa shape index (κ1) is 47.9. The van der Waals surface area contributed by atoms with Crippen molar-refractivity contribution < 1.29 is 24.2 Å². The normalized spacial score (nSPS) is 12.1. The number of ether oxygens (including phenoxy) is 2. The van der Waals surface area contributed by atoms with Crippen molar-refractivity contribution in [3.63, 3.8) is 0 Å². The molecule has 0 aliphatic heterocycles. The molecule has 0 aliphatic carbocycles. The Kier molecular flexibility index (Phi) is 38.8. The third-order valence-corrected chi connectivity index (χ3v) is 10.1. The zero-order valence-electron chi connectivity index (χ0n) is 33.4. The minimum absolute atomic E-state index is 0.0571. The summed E-state index contributed by atoms with van der Waals surface area (Å²) in [5.74, 6) is 0.278. The molecule has 0 fully saturated rings. The van der Waals surface area contributed by atoms with Gasteiger partial charge in [-0.3, -0.25) is 9.59 Å². The molecule has 0 heterocycles. The first-order valence-corrected chi connectivity index (χ1v) is 22.0. The molecule has 0 aromatic rings. The Bertz CT molecular complexity index is 678. The maximum Gasteiger partial charge on any atom is 0.306 e. The molecular formula is C44H86O5. The number of aliphatic hydroxyl groups is 1. The summed E-state index contributed by atoms with van der Waals surface area (Å²) in [6.07, 6.45) is 43.1. The number of carbonyl (C=O) groups is 2. The highest BCUT2D eigenvalue weighted by atomic mass is 16.6. The van der Waals surface area contributed by atoms with Crippen LogP contribution in [0.5, 0.6) is 0 Å². The standard InChI is InChI=1S/C44H86O5/c1-4-5-6-7-8-9-10-11-12-13-14-15-19-22-25-28-31-34-37-43(46)48-40-42(39-45)49-44(47)38-35-32-29-26-23-20-17-16-18-21-24-27-30-33-36-41(2)3/h41-42,45H,4-40H2,1-3H3/t42-/m0/s1. The maximum absolute atomic E-state index is 12.2. The minimum Gasteiger partial charge on any atom is -0.462 e. The van der Waals surface area contributed by atoms with Gasteiger partial charge in [-0.1, -0.05) is 220 Å². The minimum atomic E-state index is -0.762. The highest BCUT2D eigenvalue weighted by molar-refractivity contribution is 5.70. The lowest BCUT2D eigenvalue weighted by Gasteiger charge is -2.15. The van der Waals surface area contributed by atoms with Gasteiger partial charge in [0.2, 0.25) is 0 Å². The van der Waals surface area contributed by atoms with Crippen LogP contribution in [0.3, 0.4) is 0 Å². The average Bonchev–Trinajstić information content (AvgIpc) is 3.09. The van der Waals surface area contributed by atoms with E-state index in [1.807, 2.05) is 0 Å². The predicted molar refractivity (Wildman–Crippen MR) is 210 cm³/mol. The largest absolute Gasteiger partial charge is 0.462 e. The van der Waals surface area contributed by atoms with E-state index in [1.165, 1.54) is 180 Å². The molecule has 0 aromatic carbocycles. The van der Waals surface area contributed by atoms with Crippen molar-refractivity contribution in [3.05, 3.63) is 0 Å². The van der Waals surface area contributed by atoms with Crippen LogP contribution in [-0.4, -0.2) is 36.4 Å². The molecule has 0 aliphatic rings. The summed E-state index contributed by atoms with van der Waals surface area (Å²) in [7, 11) is 0. The van der Waals surface area contributed by atoms with Crippen LogP contribution in [0, 0.1) is 5.92 Å². The van der Waals surface area contributed by atoms with Gasteiger partial charge in [-0.05, 0) is 18.8 Å². The Morgan fingerprint density at radius 2 is 0.755 bits per heavy atom. The third-order valence-electron chi connectivity index (χ3n) is 10.1.